The van der Waals surface area contributed by atoms with Crippen LogP contribution in [0, 0.1) is 0 Å². The lowest BCUT2D eigenvalue weighted by atomic mass is 9.98. The molecule has 4 heterocycles. The van der Waals surface area contributed by atoms with Gasteiger partial charge in [-0.2, -0.15) is 0 Å². The van der Waals surface area contributed by atoms with Crippen LogP contribution in [0.15, 0.2) is 55.2 Å². The molecular formula is C20H20N8O. The lowest BCUT2D eigenvalue weighted by molar-refractivity contribution is 0.1000. The highest BCUT2D eigenvalue weighted by atomic mass is 16.1. The number of hydrogen-bond donors (Lipinski definition) is 3. The number of fused-ring (bicyclic) bond motifs is 1. The molecule has 0 spiro atoms. The molecule has 0 fully saturated rings. The third-order valence-corrected chi connectivity index (χ3v) is 4.55. The maximum atomic E-state index is 11.3. The molecule has 4 rings (SSSR count). The molecule has 0 aliphatic heterocycles. The third kappa shape index (κ3) is 3.57. The Kier molecular flexibility index (Phi) is 4.34. The molecule has 9 heteroatoms. The maximum Gasteiger partial charge on any atom is 0.248 e. The fourth-order valence-electron chi connectivity index (χ4n) is 3.08. The van der Waals surface area contributed by atoms with E-state index < -0.39 is 11.4 Å². The van der Waals surface area contributed by atoms with Crippen molar-refractivity contribution in [2.24, 2.45) is 5.73 Å². The summed E-state index contributed by atoms with van der Waals surface area (Å²) in [6, 6.07) is 6.89. The van der Waals surface area contributed by atoms with Crippen LogP contribution in [0.4, 0.5) is 11.6 Å². The van der Waals surface area contributed by atoms with Crippen LogP contribution in [0.1, 0.15) is 29.9 Å². The second-order valence-electron chi connectivity index (χ2n) is 7.16. The number of primary amides is 1. The second kappa shape index (κ2) is 6.86. The maximum absolute atomic E-state index is 11.3. The van der Waals surface area contributed by atoms with Crippen LogP contribution >= 0.6 is 0 Å². The lowest BCUT2D eigenvalue weighted by Crippen LogP contribution is -2.31. The summed E-state index contributed by atoms with van der Waals surface area (Å²) in [5, 5.41) is 3.26. The van der Waals surface area contributed by atoms with E-state index in [2.05, 4.69) is 25.3 Å². The average molecular weight is 388 g/mol. The van der Waals surface area contributed by atoms with E-state index in [0.29, 0.717) is 28.5 Å². The van der Waals surface area contributed by atoms with Gasteiger partial charge in [-0.3, -0.25) is 9.78 Å². The molecule has 146 valence electrons. The van der Waals surface area contributed by atoms with Crippen molar-refractivity contribution < 1.29 is 4.79 Å². The predicted octanol–water partition coefficient (Wildman–Crippen LogP) is 2.21. The van der Waals surface area contributed by atoms with Gasteiger partial charge < -0.3 is 21.2 Å². The number of pyridine rings is 2. The minimum Gasteiger partial charge on any atom is -0.397 e. The Balaban J connectivity index is 1.59. The molecule has 9 nitrogen and oxygen atoms in total. The first-order valence-electron chi connectivity index (χ1n) is 8.93. The molecular weight excluding hydrogens is 368 g/mol. The molecule has 0 unspecified atom stereocenters. The standard InChI is InChI=1S/C20H20N8O/c1-20(2,17-14(21)4-3-6-23-17)27-19-24-9-13(10-25-19)15-11-28-7-5-12(18(22)29)8-16(28)26-15/h3-11H,21H2,1-2H3,(H2,22,29)(H,24,25,27). The zero-order chi connectivity index (χ0) is 20.6. The molecule has 0 atom stereocenters. The van der Waals surface area contributed by atoms with E-state index in [1.54, 1.807) is 47.4 Å². The fraction of sp³-hybridized carbons (Fsp3) is 0.150. The molecule has 4 aromatic rings. The molecule has 0 aromatic carbocycles. The van der Waals surface area contributed by atoms with Crippen LogP contribution in [0.25, 0.3) is 16.9 Å². The van der Waals surface area contributed by atoms with Crippen LogP contribution in [0.2, 0.25) is 0 Å². The summed E-state index contributed by atoms with van der Waals surface area (Å²) in [6.45, 7) is 3.92. The zero-order valence-electron chi connectivity index (χ0n) is 16.0. The minimum absolute atomic E-state index is 0.404. The number of carbonyl (C=O) groups excluding carboxylic acids is 1. The number of imidazole rings is 1. The highest BCUT2D eigenvalue weighted by Gasteiger charge is 2.25. The van der Waals surface area contributed by atoms with E-state index in [4.69, 9.17) is 11.5 Å². The Bertz CT molecular complexity index is 1200. The monoisotopic (exact) mass is 388 g/mol. The number of nitrogens with zero attached hydrogens (tertiary/aromatic N) is 5. The highest BCUT2D eigenvalue weighted by Crippen LogP contribution is 2.27. The molecule has 0 bridgehead atoms. The molecule has 0 aliphatic carbocycles. The fourth-order valence-corrected chi connectivity index (χ4v) is 3.08. The molecule has 0 aliphatic rings. The van der Waals surface area contributed by atoms with E-state index in [1.807, 2.05) is 26.1 Å². The molecule has 29 heavy (non-hydrogen) atoms. The first-order valence-corrected chi connectivity index (χ1v) is 8.93. The number of amides is 1. The summed E-state index contributed by atoms with van der Waals surface area (Å²) in [5.74, 6) is -0.0458. The van der Waals surface area contributed by atoms with Crippen molar-refractivity contribution in [3.8, 4) is 11.3 Å². The van der Waals surface area contributed by atoms with Crippen molar-refractivity contribution in [3.63, 3.8) is 0 Å². The van der Waals surface area contributed by atoms with E-state index >= 15 is 0 Å². The van der Waals surface area contributed by atoms with E-state index in [9.17, 15) is 4.79 Å². The van der Waals surface area contributed by atoms with Crippen LogP contribution in [-0.4, -0.2) is 30.2 Å². The number of aromatic nitrogens is 5. The molecule has 1 amide bonds. The van der Waals surface area contributed by atoms with Gasteiger partial charge in [0.1, 0.15) is 5.65 Å². The van der Waals surface area contributed by atoms with E-state index in [0.717, 1.165) is 11.3 Å². The summed E-state index contributed by atoms with van der Waals surface area (Å²) < 4.78 is 1.81. The quantitative estimate of drug-likeness (QED) is 0.476. The summed E-state index contributed by atoms with van der Waals surface area (Å²) in [7, 11) is 0. The van der Waals surface area contributed by atoms with Crippen molar-refractivity contribution in [1.29, 1.82) is 0 Å². The van der Waals surface area contributed by atoms with E-state index in [-0.39, 0.29) is 0 Å². The third-order valence-electron chi connectivity index (χ3n) is 4.55. The van der Waals surface area contributed by atoms with Gasteiger partial charge in [0.05, 0.1) is 22.6 Å². The number of hydrogen-bond acceptors (Lipinski definition) is 7. The Hall–Kier alpha value is -4.01. The number of nitrogens with one attached hydrogen (secondary N) is 1. The first kappa shape index (κ1) is 18.4. The number of rotatable bonds is 5. The van der Waals surface area contributed by atoms with Gasteiger partial charge in [0, 0.05) is 42.1 Å². The Morgan fingerprint density at radius 2 is 1.93 bits per heavy atom. The van der Waals surface area contributed by atoms with Crippen molar-refractivity contribution in [2.45, 2.75) is 19.4 Å². The van der Waals surface area contributed by atoms with Crippen LogP contribution in [0.3, 0.4) is 0 Å². The van der Waals surface area contributed by atoms with Crippen LogP contribution < -0.4 is 16.8 Å². The number of nitrogen functional groups attached to an aromatic ring is 1. The topological polar surface area (TPSA) is 137 Å². The first-order chi connectivity index (χ1) is 13.8. The van der Waals surface area contributed by atoms with Gasteiger partial charge >= 0.3 is 0 Å². The SMILES string of the molecule is CC(C)(Nc1ncc(-c2cn3ccc(C(N)=O)cc3n2)cn1)c1ncccc1N. The zero-order valence-corrected chi connectivity index (χ0v) is 16.0. The number of anilines is 2. The van der Waals surface area contributed by atoms with Gasteiger partial charge in [-0.15, -0.1) is 0 Å². The van der Waals surface area contributed by atoms with E-state index in [1.165, 1.54) is 0 Å². The van der Waals surface area contributed by atoms with Gasteiger partial charge in [0.2, 0.25) is 11.9 Å². The van der Waals surface area contributed by atoms with Crippen LogP contribution in [0.5, 0.6) is 0 Å². The van der Waals surface area contributed by atoms with Crippen molar-refractivity contribution in [3.05, 3.63) is 66.5 Å². The Morgan fingerprint density at radius 1 is 1.17 bits per heavy atom. The van der Waals surface area contributed by atoms with Gasteiger partial charge in [-0.25, -0.2) is 15.0 Å². The summed E-state index contributed by atoms with van der Waals surface area (Å²) in [5.41, 5.74) is 14.6. The second-order valence-corrected chi connectivity index (χ2v) is 7.16. The smallest absolute Gasteiger partial charge is 0.248 e. The molecule has 4 aromatic heterocycles. The van der Waals surface area contributed by atoms with Gasteiger partial charge in [0.15, 0.2) is 0 Å². The van der Waals surface area contributed by atoms with Gasteiger partial charge in [-0.1, -0.05) is 0 Å². The summed E-state index contributed by atoms with van der Waals surface area (Å²) >= 11 is 0. The predicted molar refractivity (Wildman–Crippen MR) is 110 cm³/mol. The van der Waals surface area contributed by atoms with Crippen molar-refractivity contribution >= 4 is 23.2 Å². The molecule has 5 N–H and O–H groups in total. The molecule has 0 saturated carbocycles. The summed E-state index contributed by atoms with van der Waals surface area (Å²) in [4.78, 5) is 29.0. The molecule has 0 saturated heterocycles. The Labute approximate surface area is 166 Å². The van der Waals surface area contributed by atoms with Crippen molar-refractivity contribution in [1.82, 2.24) is 24.3 Å². The minimum atomic E-state index is -0.554. The average Bonchev–Trinajstić information content (AvgIpc) is 3.11. The Morgan fingerprint density at radius 3 is 2.62 bits per heavy atom. The molecule has 0 radical (unpaired) electrons. The van der Waals surface area contributed by atoms with Crippen LogP contribution in [-0.2, 0) is 5.54 Å². The largest absolute Gasteiger partial charge is 0.397 e. The number of carbonyl (C=O) groups is 1. The van der Waals surface area contributed by atoms with Gasteiger partial charge in [-0.05, 0) is 38.1 Å². The summed E-state index contributed by atoms with van der Waals surface area (Å²) in [6.07, 6.45) is 8.65. The highest BCUT2D eigenvalue weighted by molar-refractivity contribution is 5.93. The number of nitrogens with two attached hydrogens (primary N) is 2. The van der Waals surface area contributed by atoms with Crippen molar-refractivity contribution in [2.75, 3.05) is 11.1 Å². The van der Waals surface area contributed by atoms with Gasteiger partial charge in [0.25, 0.3) is 0 Å². The lowest BCUT2D eigenvalue weighted by Gasteiger charge is -2.26. The normalized spacial score (nSPS) is 11.5.